The van der Waals surface area contributed by atoms with Gasteiger partial charge in [0.1, 0.15) is 0 Å². The maximum absolute atomic E-state index is 11.8. The lowest BCUT2D eigenvalue weighted by molar-refractivity contribution is -0.312. The zero-order valence-corrected chi connectivity index (χ0v) is 24.3. The van der Waals surface area contributed by atoms with E-state index in [0.717, 1.165) is 43.4 Å². The average Bonchev–Trinajstić information content (AvgIpc) is 2.94. The highest BCUT2D eigenvalue weighted by Gasteiger charge is 2.46. The predicted octanol–water partition coefficient (Wildman–Crippen LogP) is 8.96. The molecule has 3 saturated carbocycles. The summed E-state index contributed by atoms with van der Waals surface area (Å²) < 4.78 is 0. The molecule has 2 heteroatoms. The van der Waals surface area contributed by atoms with E-state index in [9.17, 15) is 9.90 Å². The summed E-state index contributed by atoms with van der Waals surface area (Å²) in [5, 5.41) is 11.8. The number of carboxylic acid groups (broad SMARTS) is 1. The van der Waals surface area contributed by atoms with Crippen LogP contribution in [0.4, 0.5) is 0 Å². The second-order valence-corrected chi connectivity index (χ2v) is 13.4. The van der Waals surface area contributed by atoms with Crippen LogP contribution in [0.15, 0.2) is 24.3 Å². The highest BCUT2D eigenvalue weighted by Crippen LogP contribution is 2.54. The van der Waals surface area contributed by atoms with Gasteiger partial charge in [-0.3, -0.25) is 0 Å². The third kappa shape index (κ3) is 6.83. The lowest BCUT2D eigenvalue weighted by Crippen LogP contribution is -2.45. The number of carbonyl (C=O) groups excluding carboxylic acids is 1. The third-order valence-electron chi connectivity index (χ3n) is 11.3. The van der Waals surface area contributed by atoms with Crippen LogP contribution in [0.3, 0.4) is 0 Å². The lowest BCUT2D eigenvalue weighted by Gasteiger charge is -2.50. The molecule has 0 N–H and O–H groups in total. The summed E-state index contributed by atoms with van der Waals surface area (Å²) in [7, 11) is 0. The SMILES string of the molecule is CCCCCC1CCC(C(C)c2ccccc2C2(C3CCC(CCC)CC3)CCC(C(=O)[O-])CC2)CC1. The van der Waals surface area contributed by atoms with Gasteiger partial charge in [0.15, 0.2) is 0 Å². The van der Waals surface area contributed by atoms with Gasteiger partial charge >= 0.3 is 0 Å². The Kier molecular flexibility index (Phi) is 10.6. The van der Waals surface area contributed by atoms with E-state index in [1.165, 1.54) is 89.9 Å². The van der Waals surface area contributed by atoms with Gasteiger partial charge in [-0.05, 0) is 103 Å². The van der Waals surface area contributed by atoms with E-state index < -0.39 is 5.97 Å². The van der Waals surface area contributed by atoms with Crippen LogP contribution in [0.25, 0.3) is 0 Å². The van der Waals surface area contributed by atoms with Gasteiger partial charge in [0.05, 0.1) is 0 Å². The normalized spacial score (nSPS) is 33.6. The van der Waals surface area contributed by atoms with E-state index >= 15 is 0 Å². The first-order valence-corrected chi connectivity index (χ1v) is 16.3. The second-order valence-electron chi connectivity index (χ2n) is 13.4. The predicted molar refractivity (Wildman–Crippen MR) is 153 cm³/mol. The zero-order chi connectivity index (χ0) is 26.3. The number of carbonyl (C=O) groups is 1. The van der Waals surface area contributed by atoms with Crippen LogP contribution in [0, 0.1) is 29.6 Å². The molecule has 3 aliphatic carbocycles. The second kappa shape index (κ2) is 13.7. The summed E-state index contributed by atoms with van der Waals surface area (Å²) >= 11 is 0. The molecule has 0 saturated heterocycles. The van der Waals surface area contributed by atoms with E-state index in [-0.39, 0.29) is 11.3 Å². The van der Waals surface area contributed by atoms with Gasteiger partial charge in [-0.2, -0.15) is 0 Å². The topological polar surface area (TPSA) is 40.1 Å². The fraction of sp³-hybridized carbons (Fsp3) is 0.800. The fourth-order valence-corrected chi connectivity index (χ4v) is 8.94. The quantitative estimate of drug-likeness (QED) is 0.280. The van der Waals surface area contributed by atoms with Crippen molar-refractivity contribution < 1.29 is 9.90 Å². The van der Waals surface area contributed by atoms with Crippen molar-refractivity contribution in [3.8, 4) is 0 Å². The zero-order valence-electron chi connectivity index (χ0n) is 24.3. The highest BCUT2D eigenvalue weighted by atomic mass is 16.4. The van der Waals surface area contributed by atoms with E-state index in [1.54, 1.807) is 11.1 Å². The van der Waals surface area contributed by atoms with Crippen LogP contribution < -0.4 is 5.11 Å². The first-order chi connectivity index (χ1) is 18.0. The van der Waals surface area contributed by atoms with E-state index in [1.807, 2.05) is 0 Å². The standard InChI is InChI=1S/C35H56O2/c1-4-6-7-11-28-14-18-29(19-15-28)26(3)32-12-8-9-13-33(32)35(24-22-30(23-25-35)34(36)37)31-20-16-27(10-5-2)17-21-31/h8-9,12-13,26-31H,4-7,10-11,14-25H2,1-3H3,(H,36,37)/p-1. The summed E-state index contributed by atoms with van der Waals surface area (Å²) in [6.45, 7) is 7.15. The molecule has 0 radical (unpaired) electrons. The molecule has 1 aromatic rings. The van der Waals surface area contributed by atoms with Gasteiger partial charge in [0.25, 0.3) is 0 Å². The third-order valence-corrected chi connectivity index (χ3v) is 11.3. The van der Waals surface area contributed by atoms with Crippen molar-refractivity contribution >= 4 is 5.97 Å². The molecule has 0 heterocycles. The minimum absolute atomic E-state index is 0.158. The number of aliphatic carboxylic acids is 1. The van der Waals surface area contributed by atoms with Crippen LogP contribution in [-0.2, 0) is 10.2 Å². The summed E-state index contributed by atoms with van der Waals surface area (Å²) in [6, 6.07) is 9.44. The molecule has 2 nitrogen and oxygen atoms in total. The van der Waals surface area contributed by atoms with E-state index in [2.05, 4.69) is 45.0 Å². The Morgan fingerprint density at radius 1 is 0.838 bits per heavy atom. The van der Waals surface area contributed by atoms with Crippen molar-refractivity contribution in [3.05, 3.63) is 35.4 Å². The number of unbranched alkanes of at least 4 members (excludes halogenated alkanes) is 2. The number of carboxylic acids is 1. The van der Waals surface area contributed by atoms with Crippen LogP contribution in [0.5, 0.6) is 0 Å². The van der Waals surface area contributed by atoms with Crippen molar-refractivity contribution in [2.75, 3.05) is 0 Å². The minimum atomic E-state index is -0.822. The number of hydrogen-bond donors (Lipinski definition) is 0. The van der Waals surface area contributed by atoms with Gasteiger partial charge < -0.3 is 9.90 Å². The molecule has 0 aromatic heterocycles. The largest absolute Gasteiger partial charge is 0.550 e. The number of rotatable bonds is 11. The Hall–Kier alpha value is -1.31. The van der Waals surface area contributed by atoms with Gasteiger partial charge in [-0.1, -0.05) is 109 Å². The minimum Gasteiger partial charge on any atom is -0.550 e. The maximum Gasteiger partial charge on any atom is 0.0445 e. The molecule has 1 unspecified atom stereocenters. The van der Waals surface area contributed by atoms with Gasteiger partial charge in [-0.15, -0.1) is 0 Å². The fourth-order valence-electron chi connectivity index (χ4n) is 8.94. The monoisotopic (exact) mass is 507 g/mol. The van der Waals surface area contributed by atoms with Gasteiger partial charge in [-0.25, -0.2) is 0 Å². The van der Waals surface area contributed by atoms with Crippen LogP contribution in [0.2, 0.25) is 0 Å². The molecule has 37 heavy (non-hydrogen) atoms. The molecule has 1 atom stereocenters. The molecule has 0 bridgehead atoms. The molecule has 208 valence electrons. The summed E-state index contributed by atoms with van der Waals surface area (Å²) in [5.74, 6) is 2.87. The Morgan fingerprint density at radius 3 is 2.08 bits per heavy atom. The van der Waals surface area contributed by atoms with Gasteiger partial charge in [0, 0.05) is 5.97 Å². The Balaban J connectivity index is 1.53. The smallest absolute Gasteiger partial charge is 0.0445 e. The van der Waals surface area contributed by atoms with E-state index in [4.69, 9.17) is 0 Å². The van der Waals surface area contributed by atoms with Crippen LogP contribution >= 0.6 is 0 Å². The molecular weight excluding hydrogens is 452 g/mol. The van der Waals surface area contributed by atoms with Crippen LogP contribution in [0.1, 0.15) is 153 Å². The molecule has 3 fully saturated rings. The first-order valence-electron chi connectivity index (χ1n) is 16.3. The Labute approximate surface area is 228 Å². The summed E-state index contributed by atoms with van der Waals surface area (Å²) in [4.78, 5) is 11.8. The summed E-state index contributed by atoms with van der Waals surface area (Å²) in [6.07, 6.45) is 22.9. The first kappa shape index (κ1) is 28.7. The lowest BCUT2D eigenvalue weighted by atomic mass is 9.55. The van der Waals surface area contributed by atoms with Crippen molar-refractivity contribution in [2.24, 2.45) is 29.6 Å². The van der Waals surface area contributed by atoms with Crippen molar-refractivity contribution in [1.29, 1.82) is 0 Å². The molecule has 1 aromatic carbocycles. The molecule has 0 spiro atoms. The van der Waals surface area contributed by atoms with E-state index in [0.29, 0.717) is 11.8 Å². The van der Waals surface area contributed by atoms with Crippen molar-refractivity contribution in [2.45, 2.75) is 148 Å². The van der Waals surface area contributed by atoms with Crippen LogP contribution in [-0.4, -0.2) is 5.97 Å². The highest BCUT2D eigenvalue weighted by molar-refractivity contribution is 5.67. The van der Waals surface area contributed by atoms with Gasteiger partial charge in [0.2, 0.25) is 0 Å². The van der Waals surface area contributed by atoms with Crippen molar-refractivity contribution in [1.82, 2.24) is 0 Å². The Morgan fingerprint density at radius 2 is 1.46 bits per heavy atom. The molecular formula is C35H55O2-. The summed E-state index contributed by atoms with van der Waals surface area (Å²) in [5.41, 5.74) is 3.36. The molecule has 0 amide bonds. The number of hydrogen-bond acceptors (Lipinski definition) is 2. The average molecular weight is 508 g/mol. The molecule has 4 rings (SSSR count). The molecule has 3 aliphatic rings. The molecule has 0 aliphatic heterocycles. The van der Waals surface area contributed by atoms with Crippen molar-refractivity contribution in [3.63, 3.8) is 0 Å². The number of benzene rings is 1. The Bertz CT molecular complexity index is 819. The maximum atomic E-state index is 11.8.